The lowest BCUT2D eigenvalue weighted by molar-refractivity contribution is 0.422. The molecular weight excluding hydrogens is 308 g/mol. The van der Waals surface area contributed by atoms with Crippen LogP contribution in [0.2, 0.25) is 0 Å². The van der Waals surface area contributed by atoms with Gasteiger partial charge in [-0.1, -0.05) is 53.7 Å². The Morgan fingerprint density at radius 2 is 1.57 bits per heavy atom. The van der Waals surface area contributed by atoms with Gasteiger partial charge < -0.3 is 9.52 Å². The van der Waals surface area contributed by atoms with Gasteiger partial charge in [0.15, 0.2) is 0 Å². The summed E-state index contributed by atoms with van der Waals surface area (Å²) in [6.45, 7) is 12.7. The maximum Gasteiger partial charge on any atom is 0.284 e. The molecule has 5 heteroatoms. The summed E-state index contributed by atoms with van der Waals surface area (Å²) in [6, 6.07) is 4.18. The van der Waals surface area contributed by atoms with Crippen molar-refractivity contribution in [2.75, 3.05) is 0 Å². The molecule has 0 aliphatic heterocycles. The number of phenolic OH excluding ortho intramolecular Hbond substituents is 1. The summed E-state index contributed by atoms with van der Waals surface area (Å²) < 4.78 is 5.32. The maximum atomic E-state index is 10.7. The second-order valence-corrected chi connectivity index (χ2v) is 8.42. The Morgan fingerprint density at radius 3 is 1.96 bits per heavy atom. The highest BCUT2D eigenvalue weighted by Crippen LogP contribution is 2.39. The van der Waals surface area contributed by atoms with E-state index < -0.39 is 0 Å². The highest BCUT2D eigenvalue weighted by atomic mass is 32.1. The molecule has 1 aromatic heterocycles. The fraction of sp³-hybridized carbons (Fsp3) is 0.556. The van der Waals surface area contributed by atoms with Crippen molar-refractivity contribution in [3.05, 3.63) is 39.6 Å². The van der Waals surface area contributed by atoms with Gasteiger partial charge in [-0.2, -0.15) is 0 Å². The van der Waals surface area contributed by atoms with E-state index in [2.05, 4.69) is 63.9 Å². The standard InChI is InChI=1S/C18H26N2O2S/c1-17(2,3)12-9-11(7-8-14-19-20-16(23)22-14)10-13(15(12)21)18(4,5)6/h9-10,21H,7-8H2,1-6H3,(H,20,23). The smallest absolute Gasteiger partial charge is 0.284 e. The third-order valence-corrected chi connectivity index (χ3v) is 4.07. The molecule has 0 bridgehead atoms. The molecule has 0 saturated heterocycles. The van der Waals surface area contributed by atoms with Crippen LogP contribution < -0.4 is 0 Å². The molecule has 126 valence electrons. The highest BCUT2D eigenvalue weighted by Gasteiger charge is 2.26. The fourth-order valence-corrected chi connectivity index (χ4v) is 2.74. The summed E-state index contributed by atoms with van der Waals surface area (Å²) in [5.41, 5.74) is 2.88. The van der Waals surface area contributed by atoms with Crippen molar-refractivity contribution >= 4 is 12.2 Å². The van der Waals surface area contributed by atoms with Crippen LogP contribution in [-0.2, 0) is 23.7 Å². The first-order chi connectivity index (χ1) is 10.5. The van der Waals surface area contributed by atoms with E-state index in [1.54, 1.807) is 0 Å². The van der Waals surface area contributed by atoms with Gasteiger partial charge in [0.1, 0.15) is 5.75 Å². The molecule has 0 saturated carbocycles. The predicted octanol–water partition coefficient (Wildman–Crippen LogP) is 4.82. The highest BCUT2D eigenvalue weighted by molar-refractivity contribution is 7.71. The predicted molar refractivity (Wildman–Crippen MR) is 94.6 cm³/mol. The number of aromatic nitrogens is 2. The van der Waals surface area contributed by atoms with Gasteiger partial charge in [0, 0.05) is 6.42 Å². The lowest BCUT2D eigenvalue weighted by Crippen LogP contribution is -2.18. The van der Waals surface area contributed by atoms with E-state index in [-0.39, 0.29) is 10.8 Å². The van der Waals surface area contributed by atoms with Crippen LogP contribution in [0, 0.1) is 4.84 Å². The Bertz CT molecular complexity index is 710. The molecule has 0 unspecified atom stereocenters. The summed E-state index contributed by atoms with van der Waals surface area (Å²) in [4.78, 5) is 0.302. The zero-order valence-corrected chi connectivity index (χ0v) is 15.6. The normalized spacial score (nSPS) is 12.6. The fourth-order valence-electron chi connectivity index (χ4n) is 2.60. The average molecular weight is 334 g/mol. The monoisotopic (exact) mass is 334 g/mol. The zero-order valence-electron chi connectivity index (χ0n) is 14.8. The molecule has 2 aromatic rings. The Balaban J connectivity index is 2.41. The lowest BCUT2D eigenvalue weighted by Gasteiger charge is -2.28. The second kappa shape index (κ2) is 6.11. The summed E-state index contributed by atoms with van der Waals surface area (Å²) in [6.07, 6.45) is 1.46. The number of H-pyrrole nitrogens is 1. The van der Waals surface area contributed by atoms with Crippen LogP contribution in [0.3, 0.4) is 0 Å². The van der Waals surface area contributed by atoms with Gasteiger partial charge in [0.25, 0.3) is 4.84 Å². The zero-order chi connectivity index (χ0) is 17.4. The van der Waals surface area contributed by atoms with Crippen LogP contribution in [-0.4, -0.2) is 15.3 Å². The SMILES string of the molecule is CC(C)(C)c1cc(CCc2n[nH]c(=S)o2)cc(C(C)(C)C)c1O. The van der Waals surface area contributed by atoms with Crippen LogP contribution >= 0.6 is 12.2 Å². The summed E-state index contributed by atoms with van der Waals surface area (Å²) in [5.74, 6) is 1.02. The van der Waals surface area contributed by atoms with Crippen molar-refractivity contribution in [3.63, 3.8) is 0 Å². The van der Waals surface area contributed by atoms with E-state index in [0.717, 1.165) is 17.5 Å². The molecule has 0 amide bonds. The quantitative estimate of drug-likeness (QED) is 0.790. The van der Waals surface area contributed by atoms with Crippen molar-refractivity contribution in [3.8, 4) is 5.75 Å². The van der Waals surface area contributed by atoms with Gasteiger partial charge in [-0.25, -0.2) is 5.10 Å². The van der Waals surface area contributed by atoms with E-state index in [1.807, 2.05) is 0 Å². The first kappa shape index (κ1) is 17.7. The Kier molecular flexibility index (Phi) is 4.71. The third-order valence-electron chi connectivity index (χ3n) is 3.90. The first-order valence-electron chi connectivity index (χ1n) is 7.90. The lowest BCUT2D eigenvalue weighted by atomic mass is 9.78. The number of nitrogens with one attached hydrogen (secondary N) is 1. The van der Waals surface area contributed by atoms with Crippen LogP contribution in [0.5, 0.6) is 5.75 Å². The summed E-state index contributed by atoms with van der Waals surface area (Å²) >= 11 is 4.90. The Morgan fingerprint density at radius 1 is 1.04 bits per heavy atom. The minimum Gasteiger partial charge on any atom is -0.507 e. The van der Waals surface area contributed by atoms with Gasteiger partial charge in [0.2, 0.25) is 5.89 Å². The molecule has 0 spiro atoms. The van der Waals surface area contributed by atoms with E-state index in [4.69, 9.17) is 16.6 Å². The number of rotatable bonds is 3. The molecule has 1 heterocycles. The number of aryl methyl sites for hydroxylation is 2. The molecule has 2 N–H and O–H groups in total. The number of nitrogens with zero attached hydrogens (tertiary/aromatic N) is 1. The van der Waals surface area contributed by atoms with E-state index in [9.17, 15) is 5.11 Å². The van der Waals surface area contributed by atoms with Crippen LogP contribution in [0.15, 0.2) is 16.5 Å². The number of hydrogen-bond acceptors (Lipinski definition) is 4. The number of aromatic amines is 1. The van der Waals surface area contributed by atoms with Gasteiger partial charge in [-0.15, -0.1) is 5.10 Å². The van der Waals surface area contributed by atoms with Crippen molar-refractivity contribution in [2.24, 2.45) is 0 Å². The third kappa shape index (κ3) is 4.22. The molecule has 0 radical (unpaired) electrons. The van der Waals surface area contributed by atoms with Crippen LogP contribution in [0.1, 0.15) is 64.1 Å². The molecule has 0 aliphatic rings. The molecular formula is C18H26N2O2S. The minimum absolute atomic E-state index is 0.120. The molecule has 0 fully saturated rings. The van der Waals surface area contributed by atoms with Gasteiger partial charge in [-0.3, -0.25) is 0 Å². The van der Waals surface area contributed by atoms with Gasteiger partial charge in [0.05, 0.1) is 0 Å². The van der Waals surface area contributed by atoms with E-state index >= 15 is 0 Å². The molecule has 2 rings (SSSR count). The van der Waals surface area contributed by atoms with Gasteiger partial charge in [-0.05, 0) is 46.2 Å². The first-order valence-corrected chi connectivity index (χ1v) is 8.30. The molecule has 1 aromatic carbocycles. The van der Waals surface area contributed by atoms with Crippen LogP contribution in [0.25, 0.3) is 0 Å². The van der Waals surface area contributed by atoms with Gasteiger partial charge >= 0.3 is 0 Å². The number of hydrogen-bond donors (Lipinski definition) is 2. The Hall–Kier alpha value is -1.62. The molecule has 4 nitrogen and oxygen atoms in total. The van der Waals surface area contributed by atoms with Crippen molar-refractivity contribution < 1.29 is 9.52 Å². The molecule has 0 atom stereocenters. The maximum absolute atomic E-state index is 10.7. The van der Waals surface area contributed by atoms with Crippen molar-refractivity contribution in [1.82, 2.24) is 10.2 Å². The second-order valence-electron chi connectivity index (χ2n) is 8.05. The largest absolute Gasteiger partial charge is 0.507 e. The van der Waals surface area contributed by atoms with Crippen LogP contribution in [0.4, 0.5) is 0 Å². The topological polar surface area (TPSA) is 62.0 Å². The summed E-state index contributed by atoms with van der Waals surface area (Å²) in [5, 5.41) is 17.4. The number of aromatic hydroxyl groups is 1. The minimum atomic E-state index is -0.120. The van der Waals surface area contributed by atoms with E-state index in [1.165, 1.54) is 5.56 Å². The number of benzene rings is 1. The van der Waals surface area contributed by atoms with Crippen molar-refractivity contribution in [2.45, 2.75) is 65.2 Å². The van der Waals surface area contributed by atoms with Crippen molar-refractivity contribution in [1.29, 1.82) is 0 Å². The van der Waals surface area contributed by atoms with E-state index in [0.29, 0.717) is 22.9 Å². The molecule has 23 heavy (non-hydrogen) atoms. The molecule has 0 aliphatic carbocycles. The Labute approximate surface area is 142 Å². The average Bonchev–Trinajstić information content (AvgIpc) is 2.80. The summed E-state index contributed by atoms with van der Waals surface area (Å²) in [7, 11) is 0. The number of phenols is 1.